The maximum absolute atomic E-state index is 11.0. The molecule has 0 aliphatic carbocycles. The summed E-state index contributed by atoms with van der Waals surface area (Å²) in [5.74, 6) is -1.23. The molecule has 72 valence electrons. The van der Waals surface area contributed by atoms with E-state index in [-0.39, 0.29) is 6.16 Å². The molecule has 0 saturated carbocycles. The first-order valence-corrected chi connectivity index (χ1v) is 5.73. The standard InChI is InChI=1S/C6H14NO4P/c7-3-1-2-4-12(10,11)5-6(8)9/h1-5,7H2,(H,8,9)(H,10,11). The van der Waals surface area contributed by atoms with Crippen LogP contribution in [-0.2, 0) is 9.36 Å². The Bertz CT molecular complexity index is 194. The van der Waals surface area contributed by atoms with Gasteiger partial charge in [-0.3, -0.25) is 9.36 Å². The van der Waals surface area contributed by atoms with Crippen LogP contribution >= 0.6 is 7.37 Å². The van der Waals surface area contributed by atoms with Crippen LogP contribution < -0.4 is 5.73 Å². The molecule has 0 radical (unpaired) electrons. The van der Waals surface area contributed by atoms with Crippen molar-refractivity contribution in [2.45, 2.75) is 12.8 Å². The van der Waals surface area contributed by atoms with Crippen molar-refractivity contribution >= 4 is 13.3 Å². The predicted molar refractivity (Wildman–Crippen MR) is 45.5 cm³/mol. The minimum absolute atomic E-state index is 0.0521. The number of hydrogen-bond acceptors (Lipinski definition) is 3. The summed E-state index contributed by atoms with van der Waals surface area (Å²) in [4.78, 5) is 19.1. The lowest BCUT2D eigenvalue weighted by Gasteiger charge is -2.07. The van der Waals surface area contributed by atoms with Crippen molar-refractivity contribution in [2.75, 3.05) is 18.9 Å². The van der Waals surface area contributed by atoms with Gasteiger partial charge < -0.3 is 15.7 Å². The summed E-state index contributed by atoms with van der Waals surface area (Å²) in [6.07, 6.45) is 0.579. The van der Waals surface area contributed by atoms with Crippen LogP contribution in [0.25, 0.3) is 0 Å². The zero-order chi connectivity index (χ0) is 9.61. The van der Waals surface area contributed by atoms with Crippen LogP contribution in [0, 0.1) is 0 Å². The smallest absolute Gasteiger partial charge is 0.313 e. The molecule has 0 aliphatic rings. The Hall–Kier alpha value is -0.380. The summed E-state index contributed by atoms with van der Waals surface area (Å²) >= 11 is 0. The number of unbranched alkanes of at least 4 members (excludes halogenated alkanes) is 1. The molecule has 1 atom stereocenters. The number of carboxylic acid groups (broad SMARTS) is 1. The highest BCUT2D eigenvalue weighted by Crippen LogP contribution is 2.40. The molecular weight excluding hydrogens is 181 g/mol. The van der Waals surface area contributed by atoms with E-state index in [0.717, 1.165) is 0 Å². The van der Waals surface area contributed by atoms with Gasteiger partial charge in [0.25, 0.3) is 0 Å². The lowest BCUT2D eigenvalue weighted by molar-refractivity contribution is -0.134. The molecule has 0 spiro atoms. The number of carboxylic acids is 1. The second-order valence-electron chi connectivity index (χ2n) is 2.62. The van der Waals surface area contributed by atoms with E-state index in [2.05, 4.69) is 0 Å². The Morgan fingerprint density at radius 2 is 2.00 bits per heavy atom. The van der Waals surface area contributed by atoms with Gasteiger partial charge in [-0.15, -0.1) is 0 Å². The van der Waals surface area contributed by atoms with E-state index < -0.39 is 19.5 Å². The molecule has 0 fully saturated rings. The lowest BCUT2D eigenvalue weighted by Crippen LogP contribution is -2.07. The molecule has 0 bridgehead atoms. The zero-order valence-electron chi connectivity index (χ0n) is 6.77. The number of aliphatic carboxylic acids is 1. The Morgan fingerprint density at radius 3 is 2.42 bits per heavy atom. The van der Waals surface area contributed by atoms with Crippen molar-refractivity contribution in [2.24, 2.45) is 5.73 Å². The summed E-state index contributed by atoms with van der Waals surface area (Å²) in [6, 6.07) is 0. The van der Waals surface area contributed by atoms with Gasteiger partial charge in [0.1, 0.15) is 6.16 Å². The SMILES string of the molecule is NCCCCP(=O)(O)CC(=O)O. The molecule has 0 aromatic rings. The molecule has 12 heavy (non-hydrogen) atoms. The molecule has 0 aromatic carbocycles. The van der Waals surface area contributed by atoms with Gasteiger partial charge in [-0.25, -0.2) is 0 Å². The van der Waals surface area contributed by atoms with E-state index in [0.29, 0.717) is 19.4 Å². The Kier molecular flexibility index (Phi) is 5.13. The molecule has 0 saturated heterocycles. The Labute approximate surface area is 71.0 Å². The number of rotatable bonds is 6. The van der Waals surface area contributed by atoms with Gasteiger partial charge in [0.2, 0.25) is 7.37 Å². The Balaban J connectivity index is 3.72. The molecule has 4 N–H and O–H groups in total. The van der Waals surface area contributed by atoms with Gasteiger partial charge in [0, 0.05) is 6.16 Å². The molecule has 0 aliphatic heterocycles. The van der Waals surface area contributed by atoms with Crippen molar-refractivity contribution < 1.29 is 19.4 Å². The molecule has 0 aromatic heterocycles. The zero-order valence-corrected chi connectivity index (χ0v) is 7.67. The highest BCUT2D eigenvalue weighted by molar-refractivity contribution is 7.58. The summed E-state index contributed by atoms with van der Waals surface area (Å²) in [5, 5.41) is 8.25. The van der Waals surface area contributed by atoms with Gasteiger partial charge in [0.15, 0.2) is 0 Å². The van der Waals surface area contributed by atoms with Crippen molar-refractivity contribution in [3.8, 4) is 0 Å². The third-order valence-corrected chi connectivity index (χ3v) is 3.12. The average Bonchev–Trinajstić information content (AvgIpc) is 1.84. The van der Waals surface area contributed by atoms with Crippen molar-refractivity contribution in [3.63, 3.8) is 0 Å². The lowest BCUT2D eigenvalue weighted by atomic mass is 10.3. The molecule has 6 heteroatoms. The topological polar surface area (TPSA) is 101 Å². The van der Waals surface area contributed by atoms with Gasteiger partial charge in [-0.1, -0.05) is 0 Å². The van der Waals surface area contributed by atoms with Gasteiger partial charge >= 0.3 is 5.97 Å². The van der Waals surface area contributed by atoms with Crippen LogP contribution in [0.5, 0.6) is 0 Å². The number of nitrogens with two attached hydrogens (primary N) is 1. The first-order chi connectivity index (χ1) is 5.48. The minimum Gasteiger partial charge on any atom is -0.481 e. The largest absolute Gasteiger partial charge is 0.481 e. The van der Waals surface area contributed by atoms with Crippen LogP contribution in [0.2, 0.25) is 0 Å². The average molecular weight is 195 g/mol. The van der Waals surface area contributed by atoms with Crippen LogP contribution in [0.3, 0.4) is 0 Å². The summed E-state index contributed by atoms with van der Waals surface area (Å²) in [5.41, 5.74) is 5.17. The van der Waals surface area contributed by atoms with E-state index in [4.69, 9.17) is 15.7 Å². The second kappa shape index (κ2) is 5.30. The second-order valence-corrected chi connectivity index (χ2v) is 5.07. The van der Waals surface area contributed by atoms with Crippen LogP contribution in [0.15, 0.2) is 0 Å². The van der Waals surface area contributed by atoms with Gasteiger partial charge in [-0.05, 0) is 19.4 Å². The fourth-order valence-corrected chi connectivity index (χ4v) is 2.09. The van der Waals surface area contributed by atoms with Gasteiger partial charge in [-0.2, -0.15) is 0 Å². The Morgan fingerprint density at radius 1 is 1.42 bits per heavy atom. The maximum atomic E-state index is 11.0. The van der Waals surface area contributed by atoms with Crippen LogP contribution in [0.4, 0.5) is 0 Å². The van der Waals surface area contributed by atoms with Gasteiger partial charge in [0.05, 0.1) is 0 Å². The third-order valence-electron chi connectivity index (χ3n) is 1.34. The monoisotopic (exact) mass is 195 g/mol. The van der Waals surface area contributed by atoms with E-state index in [1.807, 2.05) is 0 Å². The first kappa shape index (κ1) is 11.6. The fraction of sp³-hybridized carbons (Fsp3) is 0.833. The molecular formula is C6H14NO4P. The van der Waals surface area contributed by atoms with Crippen molar-refractivity contribution in [1.82, 2.24) is 0 Å². The highest BCUT2D eigenvalue weighted by Gasteiger charge is 2.21. The normalized spacial score (nSPS) is 15.5. The van der Waals surface area contributed by atoms with Crippen molar-refractivity contribution in [1.29, 1.82) is 0 Å². The molecule has 0 heterocycles. The summed E-state index contributed by atoms with van der Waals surface area (Å²) in [6.45, 7) is 0.465. The third kappa shape index (κ3) is 6.34. The fourth-order valence-electron chi connectivity index (χ4n) is 0.794. The van der Waals surface area contributed by atoms with Crippen LogP contribution in [-0.4, -0.2) is 34.8 Å². The highest BCUT2D eigenvalue weighted by atomic mass is 31.2. The molecule has 0 rings (SSSR count). The van der Waals surface area contributed by atoms with E-state index in [1.165, 1.54) is 0 Å². The number of carbonyl (C=O) groups is 1. The molecule has 1 unspecified atom stereocenters. The predicted octanol–water partition coefficient (Wildman–Crippen LogP) is 0.0803. The van der Waals surface area contributed by atoms with E-state index in [1.54, 1.807) is 0 Å². The van der Waals surface area contributed by atoms with Crippen molar-refractivity contribution in [3.05, 3.63) is 0 Å². The number of hydrogen-bond donors (Lipinski definition) is 3. The van der Waals surface area contributed by atoms with Crippen LogP contribution in [0.1, 0.15) is 12.8 Å². The molecule has 5 nitrogen and oxygen atoms in total. The maximum Gasteiger partial charge on any atom is 0.313 e. The quantitative estimate of drug-likeness (QED) is 0.411. The van der Waals surface area contributed by atoms with E-state index >= 15 is 0 Å². The van der Waals surface area contributed by atoms with E-state index in [9.17, 15) is 9.36 Å². The summed E-state index contributed by atoms with van der Waals surface area (Å²) < 4.78 is 11.0. The minimum atomic E-state index is -3.43. The first-order valence-electron chi connectivity index (χ1n) is 3.70. The molecule has 0 amide bonds. The summed E-state index contributed by atoms with van der Waals surface area (Å²) in [7, 11) is -3.43.